The number of aromatic amines is 1. The van der Waals surface area contributed by atoms with Gasteiger partial charge in [-0.05, 0) is 23.5 Å². The summed E-state index contributed by atoms with van der Waals surface area (Å²) in [4.78, 5) is 31.9. The van der Waals surface area contributed by atoms with Crippen molar-refractivity contribution in [1.82, 2.24) is 10.3 Å². The Morgan fingerprint density at radius 2 is 2.09 bits per heavy atom. The number of H-pyrrole nitrogens is 1. The van der Waals surface area contributed by atoms with E-state index in [1.54, 1.807) is 23.6 Å². The highest BCUT2D eigenvalue weighted by Crippen LogP contribution is 2.38. The van der Waals surface area contributed by atoms with Crippen molar-refractivity contribution in [2.24, 2.45) is 11.1 Å². The molecule has 1 aromatic carbocycles. The quantitative estimate of drug-likeness (QED) is 0.280. The lowest BCUT2D eigenvalue weighted by Crippen LogP contribution is -2.40. The summed E-state index contributed by atoms with van der Waals surface area (Å²) in [5.74, 6) is -0.348. The van der Waals surface area contributed by atoms with Crippen LogP contribution < -0.4 is 10.9 Å². The van der Waals surface area contributed by atoms with Gasteiger partial charge in [-0.1, -0.05) is 43.3 Å². The fourth-order valence-corrected chi connectivity index (χ4v) is 4.33. The molecule has 4 N–H and O–H groups in total. The number of carbonyl (C=O) groups excluding carboxylic acids is 1. The van der Waals surface area contributed by atoms with Crippen molar-refractivity contribution in [3.8, 4) is 22.9 Å². The summed E-state index contributed by atoms with van der Waals surface area (Å²) in [7, 11) is 0. The second-order valence-electron chi connectivity index (χ2n) is 7.85. The maximum atomic E-state index is 11.9. The number of fused-ring (bicyclic) bond motifs is 1. The Balaban J connectivity index is 1.64. The molecule has 0 aliphatic carbocycles. The van der Waals surface area contributed by atoms with E-state index >= 15 is 0 Å². The molecule has 1 amide bonds. The number of oxime groups is 1. The van der Waals surface area contributed by atoms with E-state index in [0.717, 1.165) is 11.1 Å². The van der Waals surface area contributed by atoms with Crippen molar-refractivity contribution in [3.05, 3.63) is 51.1 Å². The Kier molecular flexibility index (Phi) is 7.82. The molecular formula is C23H24N4O5S. The second-order valence-corrected chi connectivity index (χ2v) is 8.73. The SMILES string of the molecule is CC(C)C[C@H](CO)NC(=O)CO/N=C/c1ccc(-c2csc3[nH]c(=O)c(C#N)c(O)c23)cc1. The van der Waals surface area contributed by atoms with Gasteiger partial charge in [-0.25, -0.2) is 0 Å². The fourth-order valence-electron chi connectivity index (χ4n) is 3.36. The van der Waals surface area contributed by atoms with Crippen molar-refractivity contribution < 1.29 is 19.8 Å². The number of aromatic nitrogens is 1. The van der Waals surface area contributed by atoms with E-state index in [1.807, 2.05) is 26.0 Å². The van der Waals surface area contributed by atoms with Gasteiger partial charge in [0.25, 0.3) is 11.5 Å². The maximum absolute atomic E-state index is 11.9. The number of nitrogens with one attached hydrogen (secondary N) is 2. The highest BCUT2D eigenvalue weighted by molar-refractivity contribution is 7.17. The van der Waals surface area contributed by atoms with Crippen LogP contribution in [0.25, 0.3) is 21.3 Å². The molecule has 0 saturated heterocycles. The van der Waals surface area contributed by atoms with Crippen LogP contribution in [0.4, 0.5) is 0 Å². The lowest BCUT2D eigenvalue weighted by Gasteiger charge is -2.17. The zero-order chi connectivity index (χ0) is 24.0. The third-order valence-corrected chi connectivity index (χ3v) is 5.76. The lowest BCUT2D eigenvalue weighted by molar-refractivity contribution is -0.126. The molecule has 2 heterocycles. The number of aromatic hydroxyl groups is 1. The maximum Gasteiger partial charge on any atom is 0.270 e. The van der Waals surface area contributed by atoms with Gasteiger partial charge in [0.05, 0.1) is 24.2 Å². The minimum absolute atomic E-state index is 0.134. The molecule has 0 bridgehead atoms. The Bertz CT molecular complexity index is 1250. The topological polar surface area (TPSA) is 148 Å². The average Bonchev–Trinajstić information content (AvgIpc) is 3.20. The summed E-state index contributed by atoms with van der Waals surface area (Å²) in [6, 6.07) is 8.60. The number of rotatable bonds is 9. The van der Waals surface area contributed by atoms with Crippen LogP contribution in [0.3, 0.4) is 0 Å². The van der Waals surface area contributed by atoms with Crippen LogP contribution in [0.2, 0.25) is 0 Å². The molecule has 2 aromatic heterocycles. The molecule has 9 nitrogen and oxygen atoms in total. The van der Waals surface area contributed by atoms with Crippen molar-refractivity contribution in [2.45, 2.75) is 26.3 Å². The summed E-state index contributed by atoms with van der Waals surface area (Å²) in [5, 5.41) is 37.6. The predicted molar refractivity (Wildman–Crippen MR) is 126 cm³/mol. The molecule has 172 valence electrons. The van der Waals surface area contributed by atoms with Crippen molar-refractivity contribution >= 4 is 33.7 Å². The molecule has 0 spiro atoms. The summed E-state index contributed by atoms with van der Waals surface area (Å²) < 4.78 is 0. The molecule has 0 radical (unpaired) electrons. The molecule has 33 heavy (non-hydrogen) atoms. The summed E-state index contributed by atoms with van der Waals surface area (Å²) in [6.45, 7) is 3.62. The first-order valence-corrected chi connectivity index (χ1v) is 11.1. The number of carbonyl (C=O) groups is 1. The fraction of sp³-hybridized carbons (Fsp3) is 0.304. The number of amides is 1. The second kappa shape index (κ2) is 10.8. The van der Waals surface area contributed by atoms with E-state index in [2.05, 4.69) is 15.5 Å². The van der Waals surface area contributed by atoms with E-state index in [9.17, 15) is 19.8 Å². The van der Waals surface area contributed by atoms with Gasteiger partial charge in [0.15, 0.2) is 12.2 Å². The third kappa shape index (κ3) is 5.77. The number of aliphatic hydroxyl groups excluding tert-OH is 1. The standard InChI is InChI=1S/C23H24N4O5S/c1-13(2)7-16(10-28)26-19(29)11-32-25-9-14-3-5-15(6-4-14)18-12-33-23-20(18)21(30)17(8-24)22(31)27-23/h3-6,9,12-13,16,28H,7,10-11H2,1-2H3,(H,26,29)(H2,27,30,31)/b25-9+/t16-/m1/s1. The van der Waals surface area contributed by atoms with Crippen LogP contribution in [0.15, 0.2) is 39.6 Å². The van der Waals surface area contributed by atoms with Gasteiger partial charge in [-0.3, -0.25) is 9.59 Å². The largest absolute Gasteiger partial charge is 0.506 e. The van der Waals surface area contributed by atoms with Crippen LogP contribution in [-0.2, 0) is 9.63 Å². The molecule has 1 atom stereocenters. The Morgan fingerprint density at radius 1 is 1.36 bits per heavy atom. The smallest absolute Gasteiger partial charge is 0.270 e. The van der Waals surface area contributed by atoms with Crippen LogP contribution >= 0.6 is 11.3 Å². The molecule has 0 aliphatic heterocycles. The van der Waals surface area contributed by atoms with Crippen LogP contribution in [0, 0.1) is 17.2 Å². The number of nitrogens with zero attached hydrogens (tertiary/aromatic N) is 2. The zero-order valence-corrected chi connectivity index (χ0v) is 19.0. The summed E-state index contributed by atoms with van der Waals surface area (Å²) in [5.41, 5.74) is 1.26. The lowest BCUT2D eigenvalue weighted by atomic mass is 10.0. The zero-order valence-electron chi connectivity index (χ0n) is 18.2. The highest BCUT2D eigenvalue weighted by atomic mass is 32.1. The van der Waals surface area contributed by atoms with Crippen LogP contribution in [0.1, 0.15) is 31.4 Å². The van der Waals surface area contributed by atoms with Gasteiger partial charge in [0, 0.05) is 10.9 Å². The minimum atomic E-state index is -0.622. The van der Waals surface area contributed by atoms with E-state index in [4.69, 9.17) is 10.1 Å². The average molecular weight is 469 g/mol. The first-order valence-electron chi connectivity index (χ1n) is 10.3. The van der Waals surface area contributed by atoms with Gasteiger partial charge in [-0.2, -0.15) is 5.26 Å². The van der Waals surface area contributed by atoms with Crippen molar-refractivity contribution in [3.63, 3.8) is 0 Å². The first kappa shape index (κ1) is 24.0. The number of thiophene rings is 1. The van der Waals surface area contributed by atoms with E-state index in [-0.39, 0.29) is 36.5 Å². The molecule has 3 aromatic rings. The Morgan fingerprint density at radius 3 is 2.73 bits per heavy atom. The van der Waals surface area contributed by atoms with Gasteiger partial charge in [0.2, 0.25) is 0 Å². The molecule has 0 fully saturated rings. The normalized spacial score (nSPS) is 12.2. The monoisotopic (exact) mass is 468 g/mol. The number of aliphatic hydroxyl groups is 1. The van der Waals surface area contributed by atoms with Crippen molar-refractivity contribution in [2.75, 3.05) is 13.2 Å². The number of hydrogen-bond donors (Lipinski definition) is 4. The number of benzene rings is 1. The number of pyridine rings is 1. The van der Waals surface area contributed by atoms with Gasteiger partial charge < -0.3 is 25.4 Å². The molecule has 0 saturated carbocycles. The molecular weight excluding hydrogens is 444 g/mol. The van der Waals surface area contributed by atoms with E-state index in [0.29, 0.717) is 28.1 Å². The molecule has 0 unspecified atom stereocenters. The Hall–Kier alpha value is -3.68. The van der Waals surface area contributed by atoms with Gasteiger partial charge in [0.1, 0.15) is 16.6 Å². The minimum Gasteiger partial charge on any atom is -0.506 e. The van der Waals surface area contributed by atoms with Gasteiger partial charge >= 0.3 is 0 Å². The van der Waals surface area contributed by atoms with Crippen LogP contribution in [0.5, 0.6) is 5.75 Å². The van der Waals surface area contributed by atoms with E-state index < -0.39 is 5.56 Å². The number of nitriles is 1. The highest BCUT2D eigenvalue weighted by Gasteiger charge is 2.17. The Labute approximate surface area is 193 Å². The van der Waals surface area contributed by atoms with Crippen LogP contribution in [-0.4, -0.2) is 46.6 Å². The molecule has 3 rings (SSSR count). The molecule has 10 heteroatoms. The first-order chi connectivity index (χ1) is 15.8. The number of hydrogen-bond acceptors (Lipinski definition) is 8. The van der Waals surface area contributed by atoms with Gasteiger partial charge in [-0.15, -0.1) is 11.3 Å². The summed E-state index contributed by atoms with van der Waals surface area (Å²) >= 11 is 1.26. The summed E-state index contributed by atoms with van der Waals surface area (Å²) in [6.07, 6.45) is 2.13. The van der Waals surface area contributed by atoms with E-state index in [1.165, 1.54) is 17.6 Å². The molecule has 0 aliphatic rings. The third-order valence-electron chi connectivity index (χ3n) is 4.87. The predicted octanol–water partition coefficient (Wildman–Crippen LogP) is 2.71. The van der Waals surface area contributed by atoms with Crippen molar-refractivity contribution in [1.29, 1.82) is 5.26 Å².